The molecule has 0 bridgehead atoms. The number of allylic oxidation sites excluding steroid dienone is 3. The zero-order chi connectivity index (χ0) is 22.9. The summed E-state index contributed by atoms with van der Waals surface area (Å²) in [7, 11) is 0. The molecule has 1 aromatic carbocycles. The summed E-state index contributed by atoms with van der Waals surface area (Å²) >= 11 is 13.8. The first-order valence-corrected chi connectivity index (χ1v) is 12.0. The van der Waals surface area contributed by atoms with Crippen LogP contribution in [0.15, 0.2) is 54.5 Å². The average molecular weight is 636 g/mol. The SMILES string of the molecule is Cc1cnc(-c2cnc(NCCNC=C/C=C(/C#N)[CH]=[W])nc2-c2ccc(Cl)cc2Cl)[nH]1. The molecule has 0 amide bonds. The van der Waals surface area contributed by atoms with E-state index in [0.717, 1.165) is 16.8 Å². The molecule has 3 rings (SSSR count). The van der Waals surface area contributed by atoms with Crippen molar-refractivity contribution >= 4 is 33.6 Å². The third-order valence-electron chi connectivity index (χ3n) is 4.23. The Balaban J connectivity index is 1.76. The van der Waals surface area contributed by atoms with E-state index in [-0.39, 0.29) is 0 Å². The summed E-state index contributed by atoms with van der Waals surface area (Å²) in [5, 5.41) is 16.3. The van der Waals surface area contributed by atoms with Crippen LogP contribution in [0.4, 0.5) is 5.95 Å². The second-order valence-corrected chi connectivity index (χ2v) is 8.28. The third-order valence-corrected chi connectivity index (χ3v) is 5.69. The number of hydrogen-bond donors (Lipinski definition) is 3. The number of rotatable bonds is 9. The molecule has 0 aliphatic heterocycles. The van der Waals surface area contributed by atoms with Crippen molar-refractivity contribution in [1.82, 2.24) is 25.3 Å². The van der Waals surface area contributed by atoms with Gasteiger partial charge < -0.3 is 4.98 Å². The number of nitrogens with one attached hydrogen (secondary N) is 3. The Bertz CT molecular complexity index is 1210. The van der Waals surface area contributed by atoms with E-state index in [2.05, 4.69) is 31.7 Å². The van der Waals surface area contributed by atoms with Crippen LogP contribution < -0.4 is 10.6 Å². The van der Waals surface area contributed by atoms with Crippen LogP contribution in [0.2, 0.25) is 10.0 Å². The van der Waals surface area contributed by atoms with Crippen molar-refractivity contribution in [3.8, 4) is 28.7 Å². The molecule has 0 saturated carbocycles. The molecule has 2 heterocycles. The van der Waals surface area contributed by atoms with Crippen LogP contribution in [0.25, 0.3) is 22.6 Å². The van der Waals surface area contributed by atoms with Crippen molar-refractivity contribution < 1.29 is 19.4 Å². The second-order valence-electron chi connectivity index (χ2n) is 6.59. The van der Waals surface area contributed by atoms with Crippen LogP contribution in [-0.2, 0) is 19.4 Å². The summed E-state index contributed by atoms with van der Waals surface area (Å²) < 4.78 is 1.83. The van der Waals surface area contributed by atoms with Crippen LogP contribution >= 0.6 is 23.2 Å². The van der Waals surface area contributed by atoms with Crippen molar-refractivity contribution in [1.29, 1.82) is 5.26 Å². The number of nitriles is 1. The van der Waals surface area contributed by atoms with Gasteiger partial charge in [0, 0.05) is 22.5 Å². The van der Waals surface area contributed by atoms with Gasteiger partial charge in [-0.25, -0.2) is 4.98 Å². The average Bonchev–Trinajstić information content (AvgIpc) is 3.22. The molecule has 162 valence electrons. The maximum absolute atomic E-state index is 8.89. The van der Waals surface area contributed by atoms with E-state index in [4.69, 9.17) is 33.4 Å². The van der Waals surface area contributed by atoms with Gasteiger partial charge in [0.2, 0.25) is 0 Å². The van der Waals surface area contributed by atoms with Crippen LogP contribution in [0.1, 0.15) is 5.69 Å². The number of nitrogens with zero attached hydrogens (tertiary/aromatic N) is 4. The van der Waals surface area contributed by atoms with E-state index in [9.17, 15) is 0 Å². The standard InChI is InChI=1S/C22H19Cl2N7.W/c1-14(11-25)4-3-7-26-8-9-27-22-29-13-18(21-28-12-15(2)30-21)20(31-22)17-6-5-16(23)10-19(17)24;/h1,3-7,10,12-13,26H,8-9H2,2H3,(H,28,30)(H,27,29,31);/b7-3?,14-4+;. The number of anilines is 1. The molecule has 2 aromatic heterocycles. The van der Waals surface area contributed by atoms with Crippen molar-refractivity contribution in [2.75, 3.05) is 18.4 Å². The Kier molecular flexibility index (Phi) is 8.75. The number of imidazole rings is 1. The van der Waals surface area contributed by atoms with Gasteiger partial charge >= 0.3 is 111 Å². The molecular formula is C22H19Cl2N7W. The van der Waals surface area contributed by atoms with Crippen molar-refractivity contribution in [3.63, 3.8) is 0 Å². The molecule has 0 spiro atoms. The molecule has 32 heavy (non-hydrogen) atoms. The zero-order valence-corrected chi connectivity index (χ0v) is 21.5. The molecule has 0 atom stereocenters. The molecule has 3 N–H and O–H groups in total. The summed E-state index contributed by atoms with van der Waals surface area (Å²) in [5.74, 6) is 1.14. The molecule has 0 radical (unpaired) electrons. The molecule has 0 unspecified atom stereocenters. The second kappa shape index (κ2) is 11.7. The predicted octanol–water partition coefficient (Wildman–Crippen LogP) is 4.46. The normalized spacial score (nSPS) is 11.4. The fourth-order valence-electron chi connectivity index (χ4n) is 2.73. The summed E-state index contributed by atoms with van der Waals surface area (Å²) in [4.78, 5) is 16.8. The summed E-state index contributed by atoms with van der Waals surface area (Å²) in [5.41, 5.74) is 3.71. The predicted molar refractivity (Wildman–Crippen MR) is 125 cm³/mol. The molecule has 0 aliphatic carbocycles. The van der Waals surface area contributed by atoms with Gasteiger partial charge in [-0.3, -0.25) is 0 Å². The van der Waals surface area contributed by atoms with Gasteiger partial charge in [0.15, 0.2) is 0 Å². The number of halogens is 2. The Morgan fingerprint density at radius 1 is 1.22 bits per heavy atom. The Morgan fingerprint density at radius 2 is 2.06 bits per heavy atom. The van der Waals surface area contributed by atoms with Crippen LogP contribution in [0, 0.1) is 18.3 Å². The van der Waals surface area contributed by atoms with Gasteiger partial charge in [0.1, 0.15) is 5.82 Å². The van der Waals surface area contributed by atoms with Crippen molar-refractivity contribution in [2.45, 2.75) is 6.92 Å². The van der Waals surface area contributed by atoms with Crippen molar-refractivity contribution in [2.24, 2.45) is 0 Å². The number of benzene rings is 1. The molecule has 7 nitrogen and oxygen atoms in total. The van der Waals surface area contributed by atoms with E-state index < -0.39 is 0 Å². The first-order valence-electron chi connectivity index (χ1n) is 9.55. The quantitative estimate of drug-likeness (QED) is 0.182. The smallest absolute Gasteiger partial charge is 0.342 e. The number of H-pyrrole nitrogens is 1. The van der Waals surface area contributed by atoms with Gasteiger partial charge in [0.25, 0.3) is 0 Å². The van der Waals surface area contributed by atoms with E-state index in [1.54, 1.807) is 42.9 Å². The van der Waals surface area contributed by atoms with Gasteiger partial charge in [-0.2, -0.15) is 0 Å². The summed E-state index contributed by atoms with van der Waals surface area (Å²) in [6.07, 6.45) is 8.82. The minimum absolute atomic E-state index is 0.471. The fourth-order valence-corrected chi connectivity index (χ4v) is 3.70. The first kappa shape index (κ1) is 23.9. The van der Waals surface area contributed by atoms with Gasteiger partial charge in [-0.05, 0) is 25.1 Å². The Labute approximate surface area is 207 Å². The van der Waals surface area contributed by atoms with Crippen molar-refractivity contribution in [3.05, 3.63) is 70.3 Å². The van der Waals surface area contributed by atoms with Gasteiger partial charge in [-0.1, -0.05) is 23.2 Å². The van der Waals surface area contributed by atoms with Gasteiger partial charge in [0.05, 0.1) is 10.6 Å². The van der Waals surface area contributed by atoms with E-state index in [1.165, 1.54) is 19.4 Å². The van der Waals surface area contributed by atoms with E-state index in [0.29, 0.717) is 46.2 Å². The monoisotopic (exact) mass is 635 g/mol. The molecule has 10 heteroatoms. The molecule has 0 aliphatic rings. The number of aromatic amines is 1. The molecule has 0 fully saturated rings. The molecule has 3 aromatic rings. The van der Waals surface area contributed by atoms with Crippen LogP contribution in [-0.4, -0.2) is 37.4 Å². The van der Waals surface area contributed by atoms with Crippen LogP contribution in [0.5, 0.6) is 0 Å². The number of aromatic nitrogens is 4. The third kappa shape index (κ3) is 6.36. The Morgan fingerprint density at radius 3 is 2.75 bits per heavy atom. The minimum atomic E-state index is 0.471. The summed E-state index contributed by atoms with van der Waals surface area (Å²) in [6, 6.07) is 7.41. The summed E-state index contributed by atoms with van der Waals surface area (Å²) in [6.45, 7) is 3.17. The first-order chi connectivity index (χ1) is 15.5. The fraction of sp³-hybridized carbons (Fsp3) is 0.136. The zero-order valence-electron chi connectivity index (χ0n) is 17.1. The van der Waals surface area contributed by atoms with Crippen LogP contribution in [0.3, 0.4) is 0 Å². The number of hydrogen-bond acceptors (Lipinski definition) is 6. The topological polar surface area (TPSA) is 102 Å². The Hall–Kier alpha value is -2.78. The van der Waals surface area contributed by atoms with E-state index in [1.807, 2.05) is 17.4 Å². The van der Waals surface area contributed by atoms with Gasteiger partial charge in [-0.15, -0.1) is 0 Å². The number of aryl methyl sites for hydroxylation is 1. The maximum atomic E-state index is 8.89. The molecular weight excluding hydrogens is 617 g/mol. The molecule has 0 saturated heterocycles. The van der Waals surface area contributed by atoms with E-state index >= 15 is 0 Å². The minimum Gasteiger partial charge on any atom is -0.342 e.